The van der Waals surface area contributed by atoms with Crippen LogP contribution in [-0.2, 0) is 0 Å². The molecule has 0 amide bonds. The van der Waals surface area contributed by atoms with Gasteiger partial charge < -0.3 is 15.1 Å². The normalized spacial score (nSPS) is 25.2. The summed E-state index contributed by atoms with van der Waals surface area (Å²) in [6.07, 6.45) is 1.21. The number of nitrogens with one attached hydrogen (secondary N) is 1. The van der Waals surface area contributed by atoms with Crippen LogP contribution < -0.4 is 10.2 Å². The molecule has 0 aliphatic carbocycles. The van der Waals surface area contributed by atoms with E-state index in [0.29, 0.717) is 12.1 Å². The zero-order valence-electron chi connectivity index (χ0n) is 11.8. The molecule has 2 rings (SSSR count). The van der Waals surface area contributed by atoms with Crippen molar-refractivity contribution < 1.29 is 0 Å². The molecule has 1 N–H and O–H groups in total. The Bertz CT molecular complexity index is 350. The number of para-hydroxylation sites is 1. The van der Waals surface area contributed by atoms with E-state index >= 15 is 0 Å². The Morgan fingerprint density at radius 1 is 1.28 bits per heavy atom. The van der Waals surface area contributed by atoms with Crippen molar-refractivity contribution in [1.29, 1.82) is 0 Å². The van der Waals surface area contributed by atoms with Crippen molar-refractivity contribution in [2.45, 2.75) is 25.4 Å². The van der Waals surface area contributed by atoms with Crippen LogP contribution in [0.4, 0.5) is 5.69 Å². The number of hydrogen-bond donors (Lipinski definition) is 1. The minimum Gasteiger partial charge on any atom is -0.367 e. The second-order valence-electron chi connectivity index (χ2n) is 5.54. The van der Waals surface area contributed by atoms with Crippen LogP contribution in [0, 0.1) is 0 Å². The van der Waals surface area contributed by atoms with Crippen molar-refractivity contribution in [2.24, 2.45) is 0 Å². The van der Waals surface area contributed by atoms with Gasteiger partial charge in [-0.3, -0.25) is 0 Å². The number of nitrogens with zero attached hydrogens (tertiary/aromatic N) is 2. The van der Waals surface area contributed by atoms with Gasteiger partial charge in [0.25, 0.3) is 0 Å². The lowest BCUT2D eigenvalue weighted by Crippen LogP contribution is -2.45. The van der Waals surface area contributed by atoms with Gasteiger partial charge in [0, 0.05) is 30.9 Å². The van der Waals surface area contributed by atoms with Crippen LogP contribution in [0.3, 0.4) is 0 Å². The monoisotopic (exact) mass is 247 g/mol. The fourth-order valence-electron chi connectivity index (χ4n) is 2.68. The van der Waals surface area contributed by atoms with Gasteiger partial charge in [0.05, 0.1) is 0 Å². The lowest BCUT2D eigenvalue weighted by molar-refractivity contribution is 0.346. The maximum Gasteiger partial charge on any atom is 0.0371 e. The molecule has 2 atom stereocenters. The molecule has 0 saturated carbocycles. The van der Waals surface area contributed by atoms with Crippen molar-refractivity contribution in [3.05, 3.63) is 30.3 Å². The molecule has 2 unspecified atom stereocenters. The topological polar surface area (TPSA) is 18.5 Å². The smallest absolute Gasteiger partial charge is 0.0371 e. The maximum atomic E-state index is 3.66. The van der Waals surface area contributed by atoms with Crippen LogP contribution in [0.15, 0.2) is 30.3 Å². The summed E-state index contributed by atoms with van der Waals surface area (Å²) in [4.78, 5) is 4.80. The van der Waals surface area contributed by atoms with Crippen LogP contribution in [0.25, 0.3) is 0 Å². The van der Waals surface area contributed by atoms with Crippen LogP contribution in [0.1, 0.15) is 13.3 Å². The summed E-state index contributed by atoms with van der Waals surface area (Å²) in [7, 11) is 4.28. The molecule has 0 radical (unpaired) electrons. The fraction of sp³-hybridized carbons (Fsp3) is 0.600. The molecule has 1 fully saturated rings. The van der Waals surface area contributed by atoms with E-state index < -0.39 is 0 Å². The third-order valence-corrected chi connectivity index (χ3v) is 3.62. The van der Waals surface area contributed by atoms with E-state index in [4.69, 9.17) is 0 Å². The first-order valence-corrected chi connectivity index (χ1v) is 6.86. The summed E-state index contributed by atoms with van der Waals surface area (Å²) in [5.41, 5.74) is 1.34. The first kappa shape index (κ1) is 13.4. The molecule has 0 spiro atoms. The van der Waals surface area contributed by atoms with Gasteiger partial charge in [0.1, 0.15) is 0 Å². The molecule has 0 bridgehead atoms. The second-order valence-corrected chi connectivity index (χ2v) is 5.54. The molecule has 100 valence electrons. The molecular formula is C15H25N3. The quantitative estimate of drug-likeness (QED) is 0.879. The Morgan fingerprint density at radius 2 is 2.00 bits per heavy atom. The average molecular weight is 247 g/mol. The Morgan fingerprint density at radius 3 is 2.67 bits per heavy atom. The summed E-state index contributed by atoms with van der Waals surface area (Å²) in [6, 6.07) is 11.9. The minimum atomic E-state index is 0.546. The van der Waals surface area contributed by atoms with Crippen molar-refractivity contribution in [3.8, 4) is 0 Å². The zero-order valence-corrected chi connectivity index (χ0v) is 11.8. The van der Waals surface area contributed by atoms with Crippen molar-refractivity contribution >= 4 is 5.69 Å². The summed E-state index contributed by atoms with van der Waals surface area (Å²) >= 11 is 0. The highest BCUT2D eigenvalue weighted by Gasteiger charge is 2.23. The lowest BCUT2D eigenvalue weighted by Gasteiger charge is -2.32. The minimum absolute atomic E-state index is 0.546. The third-order valence-electron chi connectivity index (χ3n) is 3.62. The number of likely N-dealkylation sites (N-methyl/N-ethyl adjacent to an activating group) is 1. The first-order chi connectivity index (χ1) is 8.66. The third kappa shape index (κ3) is 3.47. The predicted octanol–water partition coefficient (Wildman–Crippen LogP) is 1.80. The van der Waals surface area contributed by atoms with E-state index in [0.717, 1.165) is 19.6 Å². The number of hydrogen-bond acceptors (Lipinski definition) is 3. The van der Waals surface area contributed by atoms with Gasteiger partial charge in [-0.05, 0) is 46.1 Å². The highest BCUT2D eigenvalue weighted by molar-refractivity contribution is 5.47. The maximum absolute atomic E-state index is 3.66. The Hall–Kier alpha value is -1.06. The van der Waals surface area contributed by atoms with Crippen LogP contribution in [0.5, 0.6) is 0 Å². The van der Waals surface area contributed by atoms with Crippen LogP contribution in [0.2, 0.25) is 0 Å². The molecule has 3 nitrogen and oxygen atoms in total. The standard InChI is InChI=1S/C15H25N3/c1-13-9-10-16-14(11-17(2)3)12-18(13)15-7-5-4-6-8-15/h4-8,13-14,16H,9-12H2,1-3H3. The van der Waals surface area contributed by atoms with E-state index in [2.05, 4.69) is 66.5 Å². The van der Waals surface area contributed by atoms with Crippen molar-refractivity contribution in [2.75, 3.05) is 38.6 Å². The SMILES string of the molecule is CC1CCNC(CN(C)C)CN1c1ccccc1. The Kier molecular flexibility index (Phi) is 4.61. The second kappa shape index (κ2) is 6.21. The van der Waals surface area contributed by atoms with Gasteiger partial charge in [-0.1, -0.05) is 18.2 Å². The van der Waals surface area contributed by atoms with Crippen molar-refractivity contribution in [3.63, 3.8) is 0 Å². The van der Waals surface area contributed by atoms with E-state index in [1.165, 1.54) is 12.1 Å². The van der Waals surface area contributed by atoms with E-state index in [-0.39, 0.29) is 0 Å². The summed E-state index contributed by atoms with van der Waals surface area (Å²) in [5.74, 6) is 0. The molecule has 0 aromatic heterocycles. The highest BCUT2D eigenvalue weighted by Crippen LogP contribution is 2.20. The molecule has 1 heterocycles. The Balaban J connectivity index is 2.10. The molecule has 1 aromatic rings. The molecule has 1 aromatic carbocycles. The van der Waals surface area contributed by atoms with Gasteiger partial charge in [-0.15, -0.1) is 0 Å². The van der Waals surface area contributed by atoms with E-state index in [1.807, 2.05) is 0 Å². The summed E-state index contributed by atoms with van der Waals surface area (Å²) < 4.78 is 0. The van der Waals surface area contributed by atoms with Gasteiger partial charge in [0.15, 0.2) is 0 Å². The molecule has 1 aliphatic rings. The van der Waals surface area contributed by atoms with Gasteiger partial charge >= 0.3 is 0 Å². The molecular weight excluding hydrogens is 222 g/mol. The summed E-state index contributed by atoms with van der Waals surface area (Å²) in [6.45, 7) is 5.62. The largest absolute Gasteiger partial charge is 0.367 e. The molecule has 1 saturated heterocycles. The van der Waals surface area contributed by atoms with E-state index in [9.17, 15) is 0 Å². The average Bonchev–Trinajstić information content (AvgIpc) is 2.52. The number of benzene rings is 1. The van der Waals surface area contributed by atoms with Crippen LogP contribution >= 0.6 is 0 Å². The van der Waals surface area contributed by atoms with Gasteiger partial charge in [-0.25, -0.2) is 0 Å². The first-order valence-electron chi connectivity index (χ1n) is 6.86. The fourth-order valence-corrected chi connectivity index (χ4v) is 2.68. The van der Waals surface area contributed by atoms with Gasteiger partial charge in [0.2, 0.25) is 0 Å². The summed E-state index contributed by atoms with van der Waals surface area (Å²) in [5, 5.41) is 3.66. The van der Waals surface area contributed by atoms with E-state index in [1.54, 1.807) is 0 Å². The number of anilines is 1. The molecule has 3 heteroatoms. The Labute approximate surface area is 111 Å². The molecule has 18 heavy (non-hydrogen) atoms. The van der Waals surface area contributed by atoms with Gasteiger partial charge in [-0.2, -0.15) is 0 Å². The van der Waals surface area contributed by atoms with Crippen LogP contribution in [-0.4, -0.2) is 50.7 Å². The number of rotatable bonds is 3. The zero-order chi connectivity index (χ0) is 13.0. The lowest BCUT2D eigenvalue weighted by atomic mass is 10.1. The molecule has 1 aliphatic heterocycles. The predicted molar refractivity (Wildman–Crippen MR) is 78.2 cm³/mol. The highest BCUT2D eigenvalue weighted by atomic mass is 15.2. The van der Waals surface area contributed by atoms with Crippen molar-refractivity contribution in [1.82, 2.24) is 10.2 Å².